The number of aromatic nitrogens is 5. The van der Waals surface area contributed by atoms with Gasteiger partial charge in [0.25, 0.3) is 5.91 Å². The fourth-order valence-corrected chi connectivity index (χ4v) is 3.37. The Hall–Kier alpha value is -2.69. The van der Waals surface area contributed by atoms with E-state index in [1.165, 1.54) is 12.3 Å². The Kier molecular flexibility index (Phi) is 5.54. The van der Waals surface area contributed by atoms with E-state index in [9.17, 15) is 18.0 Å². The van der Waals surface area contributed by atoms with E-state index in [0.29, 0.717) is 17.0 Å². The van der Waals surface area contributed by atoms with E-state index in [0.717, 1.165) is 35.8 Å². The van der Waals surface area contributed by atoms with Gasteiger partial charge in [-0.3, -0.25) is 4.79 Å². The fourth-order valence-electron chi connectivity index (χ4n) is 2.60. The van der Waals surface area contributed by atoms with Crippen molar-refractivity contribution in [3.63, 3.8) is 0 Å². The van der Waals surface area contributed by atoms with Gasteiger partial charge in [0, 0.05) is 17.5 Å². The second kappa shape index (κ2) is 7.74. The molecule has 0 unspecified atom stereocenters. The van der Waals surface area contributed by atoms with Crippen LogP contribution in [0.5, 0.6) is 0 Å². The van der Waals surface area contributed by atoms with Crippen LogP contribution < -0.4 is 5.32 Å². The van der Waals surface area contributed by atoms with Gasteiger partial charge < -0.3 is 5.32 Å². The zero-order chi connectivity index (χ0) is 20.5. The summed E-state index contributed by atoms with van der Waals surface area (Å²) in [5, 5.41) is 12.2. The molecule has 28 heavy (non-hydrogen) atoms. The smallest absolute Gasteiger partial charge is 0.305 e. The molecule has 0 spiro atoms. The lowest BCUT2D eigenvalue weighted by molar-refractivity contribution is -0.142. The van der Waals surface area contributed by atoms with Crippen LogP contribution in [-0.4, -0.2) is 30.5 Å². The molecule has 3 aromatic heterocycles. The van der Waals surface area contributed by atoms with Crippen LogP contribution in [0, 0.1) is 13.8 Å². The molecule has 1 N–H and O–H groups in total. The number of halogens is 3. The van der Waals surface area contributed by atoms with Crippen LogP contribution in [0.1, 0.15) is 47.2 Å². The molecular weight excluding hydrogens is 393 g/mol. The van der Waals surface area contributed by atoms with E-state index < -0.39 is 17.8 Å². The molecule has 1 amide bonds. The third-order valence-electron chi connectivity index (χ3n) is 4.01. The van der Waals surface area contributed by atoms with Gasteiger partial charge in [0.1, 0.15) is 11.5 Å². The maximum atomic E-state index is 13.2. The highest BCUT2D eigenvalue weighted by atomic mass is 32.1. The molecule has 0 aliphatic carbocycles. The first-order chi connectivity index (χ1) is 13.2. The zero-order valence-corrected chi connectivity index (χ0v) is 16.4. The predicted octanol–water partition coefficient (Wildman–Crippen LogP) is 4.21. The number of carbonyl (C=O) groups excluding carboxylic acids is 1. The van der Waals surface area contributed by atoms with Crippen LogP contribution in [0.3, 0.4) is 0 Å². The molecule has 0 fully saturated rings. The fraction of sp³-hybridized carbons (Fsp3) is 0.412. The Bertz CT molecular complexity index is 988. The number of anilines is 1. The highest BCUT2D eigenvalue weighted by molar-refractivity contribution is 7.12. The molecule has 0 atom stereocenters. The van der Waals surface area contributed by atoms with Crippen molar-refractivity contribution in [2.45, 2.75) is 46.3 Å². The summed E-state index contributed by atoms with van der Waals surface area (Å²) in [4.78, 5) is 16.6. The number of hydrogen-bond donors (Lipinski definition) is 1. The van der Waals surface area contributed by atoms with Crippen LogP contribution in [-0.2, 0) is 12.7 Å². The van der Waals surface area contributed by atoms with Crippen LogP contribution in [0.15, 0.2) is 17.6 Å². The summed E-state index contributed by atoms with van der Waals surface area (Å²) in [7, 11) is 0. The maximum Gasteiger partial charge on any atom is 0.433 e. The van der Waals surface area contributed by atoms with Crippen LogP contribution in [0.2, 0.25) is 0 Å². The lowest BCUT2D eigenvalue weighted by Crippen LogP contribution is -2.17. The summed E-state index contributed by atoms with van der Waals surface area (Å²) in [5.74, 6) is 0.0419. The maximum absolute atomic E-state index is 13.2. The molecule has 0 aliphatic rings. The third-order valence-corrected chi connectivity index (χ3v) is 4.82. The van der Waals surface area contributed by atoms with Crippen molar-refractivity contribution in [1.29, 1.82) is 0 Å². The van der Waals surface area contributed by atoms with Gasteiger partial charge in [-0.25, -0.2) is 14.3 Å². The molecule has 3 rings (SSSR count). The number of rotatable bonds is 6. The van der Waals surface area contributed by atoms with Gasteiger partial charge in [-0.15, -0.1) is 11.3 Å². The molecule has 3 heterocycles. The first-order valence-electron chi connectivity index (χ1n) is 8.64. The van der Waals surface area contributed by atoms with E-state index in [1.54, 1.807) is 10.9 Å². The first-order valence-corrected chi connectivity index (χ1v) is 9.52. The molecule has 0 aliphatic heterocycles. The summed E-state index contributed by atoms with van der Waals surface area (Å²) >= 11 is 0.916. The second-order valence-electron chi connectivity index (χ2n) is 6.30. The van der Waals surface area contributed by atoms with Gasteiger partial charge in [0.2, 0.25) is 5.13 Å². The summed E-state index contributed by atoms with van der Waals surface area (Å²) in [5.41, 5.74) is 0.0923. The average Bonchev–Trinajstić information content (AvgIpc) is 3.32. The van der Waals surface area contributed by atoms with Gasteiger partial charge in [0.15, 0.2) is 5.69 Å². The highest BCUT2D eigenvalue weighted by Crippen LogP contribution is 2.32. The largest absolute Gasteiger partial charge is 0.433 e. The number of alkyl halides is 3. The van der Waals surface area contributed by atoms with Crippen molar-refractivity contribution in [3.05, 3.63) is 40.3 Å². The third kappa shape index (κ3) is 4.08. The minimum absolute atomic E-state index is 0.0175. The molecule has 0 radical (unpaired) electrons. The molecule has 0 bridgehead atoms. The summed E-state index contributed by atoms with van der Waals surface area (Å²) in [6.45, 7) is 5.99. The number of thiazole rings is 1. The van der Waals surface area contributed by atoms with E-state index in [1.807, 2.05) is 6.92 Å². The quantitative estimate of drug-likeness (QED) is 0.658. The van der Waals surface area contributed by atoms with E-state index in [-0.39, 0.29) is 16.5 Å². The standard InChI is InChI=1S/C17H19F3N6OS/c1-4-5-6-25-14(10(2)8-21-25)23-15(27)12-9-28-16(22-12)26-13(17(18,19)20)7-11(3)24-26/h7-9H,4-6H2,1-3H3,(H,23,27). The Labute approximate surface area is 163 Å². The van der Waals surface area contributed by atoms with Gasteiger partial charge in [-0.2, -0.15) is 23.4 Å². The van der Waals surface area contributed by atoms with Gasteiger partial charge >= 0.3 is 6.18 Å². The van der Waals surface area contributed by atoms with E-state index >= 15 is 0 Å². The van der Waals surface area contributed by atoms with Crippen molar-refractivity contribution in [1.82, 2.24) is 24.5 Å². The molecule has 150 valence electrons. The number of carbonyl (C=O) groups is 1. The lowest BCUT2D eigenvalue weighted by Gasteiger charge is -2.09. The van der Waals surface area contributed by atoms with Crippen molar-refractivity contribution < 1.29 is 18.0 Å². The second-order valence-corrected chi connectivity index (χ2v) is 7.14. The number of aryl methyl sites for hydroxylation is 3. The van der Waals surface area contributed by atoms with Crippen LogP contribution in [0.4, 0.5) is 19.0 Å². The van der Waals surface area contributed by atoms with Crippen LogP contribution in [0.25, 0.3) is 5.13 Å². The molecular formula is C17H19F3N6OS. The molecule has 0 saturated heterocycles. The van der Waals surface area contributed by atoms with Crippen molar-refractivity contribution in [2.75, 3.05) is 5.32 Å². The van der Waals surface area contributed by atoms with Gasteiger partial charge in [0.05, 0.1) is 11.9 Å². The summed E-state index contributed by atoms with van der Waals surface area (Å²) in [6.07, 6.45) is -1.03. The average molecular weight is 412 g/mol. The normalized spacial score (nSPS) is 11.8. The number of nitrogens with zero attached hydrogens (tertiary/aromatic N) is 5. The predicted molar refractivity (Wildman–Crippen MR) is 98.8 cm³/mol. The lowest BCUT2D eigenvalue weighted by atomic mass is 10.3. The van der Waals surface area contributed by atoms with E-state index in [2.05, 4.69) is 27.4 Å². The van der Waals surface area contributed by atoms with Crippen molar-refractivity contribution in [2.24, 2.45) is 0 Å². The van der Waals surface area contributed by atoms with Crippen molar-refractivity contribution >= 4 is 23.1 Å². The monoisotopic (exact) mass is 412 g/mol. The van der Waals surface area contributed by atoms with Gasteiger partial charge in [-0.05, 0) is 26.3 Å². The molecule has 7 nitrogen and oxygen atoms in total. The minimum atomic E-state index is -4.57. The topological polar surface area (TPSA) is 77.6 Å². The number of amides is 1. The Morgan fingerprint density at radius 1 is 1.32 bits per heavy atom. The Balaban J connectivity index is 1.84. The molecule has 11 heteroatoms. The SMILES string of the molecule is CCCCn1ncc(C)c1NC(=O)c1csc(-n2nc(C)cc2C(F)(F)F)n1. The number of hydrogen-bond acceptors (Lipinski definition) is 5. The molecule has 0 saturated carbocycles. The number of unbranched alkanes of at least 4 members (excludes halogenated alkanes) is 1. The van der Waals surface area contributed by atoms with Gasteiger partial charge in [-0.1, -0.05) is 13.3 Å². The zero-order valence-electron chi connectivity index (χ0n) is 15.5. The Morgan fingerprint density at radius 2 is 2.07 bits per heavy atom. The number of nitrogens with one attached hydrogen (secondary N) is 1. The molecule has 0 aromatic carbocycles. The minimum Gasteiger partial charge on any atom is -0.305 e. The summed E-state index contributed by atoms with van der Waals surface area (Å²) in [6, 6.07) is 0.941. The van der Waals surface area contributed by atoms with Crippen molar-refractivity contribution in [3.8, 4) is 5.13 Å². The first kappa shape index (κ1) is 20.1. The Morgan fingerprint density at radius 3 is 2.75 bits per heavy atom. The highest BCUT2D eigenvalue weighted by Gasteiger charge is 2.36. The van der Waals surface area contributed by atoms with Crippen LogP contribution >= 0.6 is 11.3 Å². The molecule has 3 aromatic rings. The van der Waals surface area contributed by atoms with E-state index in [4.69, 9.17) is 0 Å². The summed E-state index contributed by atoms with van der Waals surface area (Å²) < 4.78 is 42.0.